The van der Waals surface area contributed by atoms with Gasteiger partial charge in [0.1, 0.15) is 6.61 Å². The number of nitrogens with two attached hydrogens (primary N) is 1. The van der Waals surface area contributed by atoms with E-state index in [2.05, 4.69) is 29.6 Å². The molecule has 5 rings (SSSR count). The highest BCUT2D eigenvalue weighted by molar-refractivity contribution is 6.56. The minimum absolute atomic E-state index is 0.0306. The number of amides is 1. The number of rotatable bonds is 6. The Bertz CT molecular complexity index is 1400. The Morgan fingerprint density at radius 1 is 0.974 bits per heavy atom. The van der Waals surface area contributed by atoms with E-state index in [1.54, 1.807) is 18.2 Å². The van der Waals surface area contributed by atoms with Crippen molar-refractivity contribution < 1.29 is 18.8 Å². The van der Waals surface area contributed by atoms with Crippen molar-refractivity contribution in [3.63, 3.8) is 0 Å². The van der Waals surface area contributed by atoms with Crippen LogP contribution in [0.2, 0.25) is 10.0 Å². The molecule has 0 spiro atoms. The van der Waals surface area contributed by atoms with Gasteiger partial charge in [0.05, 0.1) is 21.9 Å². The van der Waals surface area contributed by atoms with Gasteiger partial charge in [-0.05, 0) is 73.1 Å². The van der Waals surface area contributed by atoms with Gasteiger partial charge in [-0.15, -0.1) is 0 Å². The first-order chi connectivity index (χ1) is 18.5. The highest BCUT2D eigenvalue weighted by Crippen LogP contribution is 2.44. The van der Waals surface area contributed by atoms with E-state index in [0.717, 1.165) is 11.1 Å². The van der Waals surface area contributed by atoms with Gasteiger partial charge in [0, 0.05) is 17.5 Å². The average molecular weight is 565 g/mol. The van der Waals surface area contributed by atoms with Gasteiger partial charge in [0.15, 0.2) is 0 Å². The smallest absolute Gasteiger partial charge is 0.449 e. The van der Waals surface area contributed by atoms with E-state index in [9.17, 15) is 4.79 Å². The Balaban J connectivity index is 1.33. The number of benzene rings is 3. The molecule has 0 aromatic heterocycles. The molecule has 9 heteroatoms. The van der Waals surface area contributed by atoms with E-state index in [1.807, 2.05) is 52.0 Å². The van der Waals surface area contributed by atoms with Crippen LogP contribution in [-0.4, -0.2) is 37.6 Å². The van der Waals surface area contributed by atoms with Gasteiger partial charge in [-0.2, -0.15) is 0 Å². The largest absolute Gasteiger partial charge is 0.492 e. The summed E-state index contributed by atoms with van der Waals surface area (Å²) in [6, 6.07) is 19.7. The van der Waals surface area contributed by atoms with Gasteiger partial charge in [0.2, 0.25) is 0 Å². The molecular weight excluding hydrogens is 534 g/mol. The summed E-state index contributed by atoms with van der Waals surface area (Å²) in [6.45, 7) is 8.21. The minimum Gasteiger partial charge on any atom is -0.449 e. The maximum atomic E-state index is 12.9. The van der Waals surface area contributed by atoms with Crippen LogP contribution in [0.4, 0.5) is 10.5 Å². The van der Waals surface area contributed by atoms with E-state index in [1.165, 1.54) is 11.1 Å². The minimum atomic E-state index is -0.712. The first kappa shape index (κ1) is 27.6. The van der Waals surface area contributed by atoms with E-state index in [-0.39, 0.29) is 19.1 Å². The molecule has 6 nitrogen and oxygen atoms in total. The first-order valence-corrected chi connectivity index (χ1v) is 13.6. The SMILES string of the molecule is CC1(C)OB(C(=Cc2cc(Cl)c(N)cc2Cl)CNC(=O)OCC2c3ccccc3-c3ccccc32)OC1(C)C. The van der Waals surface area contributed by atoms with Gasteiger partial charge >= 0.3 is 13.2 Å². The summed E-state index contributed by atoms with van der Waals surface area (Å²) in [5, 5.41) is 3.66. The summed E-state index contributed by atoms with van der Waals surface area (Å²) in [4.78, 5) is 12.9. The van der Waals surface area contributed by atoms with Gasteiger partial charge in [0.25, 0.3) is 0 Å². The summed E-state index contributed by atoms with van der Waals surface area (Å²) in [7, 11) is -0.712. The van der Waals surface area contributed by atoms with Crippen molar-refractivity contribution in [1.82, 2.24) is 5.32 Å². The number of anilines is 1. The fourth-order valence-corrected chi connectivity index (χ4v) is 5.31. The third kappa shape index (κ3) is 5.41. The van der Waals surface area contributed by atoms with Gasteiger partial charge in [-0.25, -0.2) is 4.79 Å². The molecular formula is C30H31BCl2N2O4. The Morgan fingerprint density at radius 2 is 1.54 bits per heavy atom. The number of alkyl carbamates (subject to hydrolysis) is 1. The van der Waals surface area contributed by atoms with Crippen LogP contribution in [0.25, 0.3) is 17.2 Å². The summed E-state index contributed by atoms with van der Waals surface area (Å²) in [5.41, 5.74) is 11.1. The first-order valence-electron chi connectivity index (χ1n) is 12.9. The highest BCUT2D eigenvalue weighted by atomic mass is 35.5. The summed E-state index contributed by atoms with van der Waals surface area (Å²) in [5.74, 6) is -0.0306. The summed E-state index contributed by atoms with van der Waals surface area (Å²) < 4.78 is 18.2. The number of carbonyl (C=O) groups excluding carboxylic acids is 1. The number of ether oxygens (including phenoxy) is 1. The maximum Gasteiger partial charge on any atom is 0.492 e. The zero-order valence-electron chi connectivity index (χ0n) is 22.4. The van der Waals surface area contributed by atoms with Crippen LogP contribution >= 0.6 is 23.2 Å². The van der Waals surface area contributed by atoms with E-state index in [0.29, 0.717) is 26.8 Å². The van der Waals surface area contributed by atoms with Crippen LogP contribution in [0, 0.1) is 0 Å². The van der Waals surface area contributed by atoms with Crippen molar-refractivity contribution in [2.45, 2.75) is 44.8 Å². The molecule has 1 heterocycles. The molecule has 3 aromatic rings. The van der Waals surface area contributed by atoms with Crippen molar-refractivity contribution in [2.75, 3.05) is 18.9 Å². The molecule has 1 aliphatic carbocycles. The molecule has 0 atom stereocenters. The molecule has 1 saturated heterocycles. The lowest BCUT2D eigenvalue weighted by atomic mass is 9.77. The second kappa shape index (κ2) is 10.5. The Labute approximate surface area is 239 Å². The van der Waals surface area contributed by atoms with E-state index < -0.39 is 24.4 Å². The topological polar surface area (TPSA) is 82.8 Å². The number of fused-ring (bicyclic) bond motifs is 3. The molecule has 0 unspecified atom stereocenters. The predicted molar refractivity (Wildman–Crippen MR) is 158 cm³/mol. The molecule has 2 aliphatic rings. The molecule has 3 aromatic carbocycles. The predicted octanol–water partition coefficient (Wildman–Crippen LogP) is 7.13. The average Bonchev–Trinajstić information content (AvgIpc) is 3.32. The van der Waals surface area contributed by atoms with Crippen molar-refractivity contribution in [2.24, 2.45) is 0 Å². The quantitative estimate of drug-likeness (QED) is 0.246. The zero-order chi connectivity index (χ0) is 27.9. The number of hydrogen-bond donors (Lipinski definition) is 2. The van der Waals surface area contributed by atoms with Crippen LogP contribution in [0.3, 0.4) is 0 Å². The van der Waals surface area contributed by atoms with Crippen molar-refractivity contribution >= 4 is 48.2 Å². The van der Waals surface area contributed by atoms with Crippen LogP contribution in [0.15, 0.2) is 66.1 Å². The third-order valence-electron chi connectivity index (χ3n) is 7.79. The lowest BCUT2D eigenvalue weighted by Gasteiger charge is -2.32. The highest BCUT2D eigenvalue weighted by Gasteiger charge is 2.52. The molecule has 202 valence electrons. The molecule has 3 N–H and O–H groups in total. The summed E-state index contributed by atoms with van der Waals surface area (Å²) >= 11 is 12.7. The monoisotopic (exact) mass is 564 g/mol. The van der Waals surface area contributed by atoms with E-state index >= 15 is 0 Å². The molecule has 1 aliphatic heterocycles. The fraction of sp³-hybridized carbons (Fsp3) is 0.300. The number of halogens is 2. The van der Waals surface area contributed by atoms with Crippen molar-refractivity contribution in [3.8, 4) is 11.1 Å². The van der Waals surface area contributed by atoms with Crippen LogP contribution < -0.4 is 11.1 Å². The lowest BCUT2D eigenvalue weighted by molar-refractivity contribution is 0.00578. The Hall–Kier alpha value is -2.97. The van der Waals surface area contributed by atoms with Crippen LogP contribution in [0.5, 0.6) is 0 Å². The standard InChI is InChI=1S/C30H31BCl2N2O4/c1-29(2)30(3,4)39-31(38-29)19(13-18-14-26(33)27(34)15-25(18)32)16-35-28(36)37-17-24-22-11-7-5-9-20(22)21-10-6-8-12-23(21)24/h5-15,24H,16-17,34H2,1-4H3,(H,35,36). The molecule has 0 bridgehead atoms. The number of nitrogens with one attached hydrogen (secondary N) is 1. The Morgan fingerprint density at radius 3 is 2.13 bits per heavy atom. The zero-order valence-corrected chi connectivity index (χ0v) is 23.9. The van der Waals surface area contributed by atoms with Crippen LogP contribution in [0.1, 0.15) is 50.3 Å². The maximum absolute atomic E-state index is 12.9. The summed E-state index contributed by atoms with van der Waals surface area (Å²) in [6.07, 6.45) is 1.26. The third-order valence-corrected chi connectivity index (χ3v) is 8.45. The molecule has 39 heavy (non-hydrogen) atoms. The second-order valence-electron chi connectivity index (χ2n) is 10.9. The van der Waals surface area contributed by atoms with E-state index in [4.69, 9.17) is 43.0 Å². The van der Waals surface area contributed by atoms with Gasteiger partial charge in [-0.1, -0.05) is 77.8 Å². The van der Waals surface area contributed by atoms with Crippen molar-refractivity contribution in [1.29, 1.82) is 0 Å². The molecule has 1 amide bonds. The Kier molecular flexibility index (Phi) is 7.46. The van der Waals surface area contributed by atoms with Crippen LogP contribution in [-0.2, 0) is 14.0 Å². The second-order valence-corrected chi connectivity index (χ2v) is 11.7. The van der Waals surface area contributed by atoms with Gasteiger partial charge < -0.3 is 25.1 Å². The number of hydrogen-bond acceptors (Lipinski definition) is 5. The van der Waals surface area contributed by atoms with Crippen molar-refractivity contribution in [3.05, 3.63) is 92.9 Å². The molecule has 0 radical (unpaired) electrons. The lowest BCUT2D eigenvalue weighted by Crippen LogP contribution is -2.41. The molecule has 1 fully saturated rings. The number of carbonyl (C=O) groups is 1. The van der Waals surface area contributed by atoms with Gasteiger partial charge in [-0.3, -0.25) is 0 Å². The number of nitrogen functional groups attached to an aromatic ring is 1. The fourth-order valence-electron chi connectivity index (χ4n) is 4.91. The molecule has 0 saturated carbocycles. The normalized spacial score (nSPS) is 17.6.